The molecule has 18 nitrogen and oxygen atoms in total. The van der Waals surface area contributed by atoms with Gasteiger partial charge in [0.05, 0.1) is 50.3 Å². The summed E-state index contributed by atoms with van der Waals surface area (Å²) < 4.78 is 143. The van der Waals surface area contributed by atoms with Crippen LogP contribution in [0.2, 0.25) is 19.9 Å². The molecule has 7 heterocycles. The van der Waals surface area contributed by atoms with E-state index in [1.54, 1.807) is 13.1 Å². The first kappa shape index (κ1) is 53.2. The number of likely N-dealkylation sites (N-methyl/N-ethyl adjacent to an activating group) is 1. The monoisotopic (exact) mass is 1160 g/mol. The average Bonchev–Trinajstić information content (AvgIpc) is 4.50. The third-order valence-corrected chi connectivity index (χ3v) is 20.9. The minimum Gasteiger partial charge on any atom is -0.427 e. The molecule has 2 N–H and O–H groups in total. The molecule has 3 aliphatic carbocycles. The van der Waals surface area contributed by atoms with Gasteiger partial charge in [-0.05, 0) is 105 Å². The van der Waals surface area contributed by atoms with Crippen LogP contribution >= 0.6 is 15.2 Å². The molecule has 0 aromatic rings. The van der Waals surface area contributed by atoms with Crippen molar-refractivity contribution in [3.63, 3.8) is 0 Å². The summed E-state index contributed by atoms with van der Waals surface area (Å²) in [6.07, 6.45) is 5.98. The Labute approximate surface area is 466 Å². The molecule has 27 heteroatoms. The van der Waals surface area contributed by atoms with Gasteiger partial charge in [-0.2, -0.15) is 0 Å². The van der Waals surface area contributed by atoms with Crippen molar-refractivity contribution < 1.29 is 74.5 Å². The van der Waals surface area contributed by atoms with E-state index in [4.69, 9.17) is 94.2 Å². The van der Waals surface area contributed by atoms with Crippen LogP contribution in [0.4, 0.5) is 0 Å². The Morgan fingerprint density at radius 2 is 1.47 bits per heavy atom. The third-order valence-electron chi connectivity index (χ3n) is 15.4. The Morgan fingerprint density at radius 3 is 2.07 bits per heavy atom. The normalized spacial score (nSPS) is 44.4. The number of aliphatic hydroxyl groups excluding tert-OH is 1. The highest BCUT2D eigenvalue weighted by Crippen LogP contribution is 2.59. The minimum atomic E-state index is -3.47. The highest BCUT2D eigenvalue weighted by atomic mass is 32.5. The first-order valence-electron chi connectivity index (χ1n) is 30.9. The molecule has 74 heavy (non-hydrogen) atoms. The highest BCUT2D eigenvalue weighted by molar-refractivity contribution is 8.07. The highest BCUT2D eigenvalue weighted by Gasteiger charge is 2.63. The predicted octanol–water partition coefficient (Wildman–Crippen LogP) is 3.18. The maximum absolute atomic E-state index is 8.25. The average molecular weight is 1160 g/mol. The zero-order chi connectivity index (χ0) is 57.8. The topological polar surface area (TPSA) is 174 Å². The lowest BCUT2D eigenvalue weighted by molar-refractivity contribution is -0.231. The first-order chi connectivity index (χ1) is 37.9. The Kier molecular flexibility index (Phi) is 19.8. The quantitative estimate of drug-likeness (QED) is 0.119. The summed E-state index contributed by atoms with van der Waals surface area (Å²) in [7, 11) is -3.99. The molecule has 0 bridgehead atoms. The number of hydrogen-bond donors (Lipinski definition) is 2. The first-order valence-corrected chi connectivity index (χ1v) is 36.5. The van der Waals surface area contributed by atoms with Gasteiger partial charge in [-0.15, -0.1) is 0 Å². The van der Waals surface area contributed by atoms with Gasteiger partial charge >= 0.3 is 6.72 Å². The molecule has 0 aromatic carbocycles. The Hall–Kier alpha value is 1.21. The SMILES string of the molecule is [2H]B(C)[SiH3].[2H][Si](C)([B][3H])OCC1OC(C)CC1OP(=S)(OCC1CC(C)CC1O[3H])O[C@@H]1[C@H]2OC3(CCCC3)O[C@H]2O[C@@H]1CNCC.[2H][Si](C)([B][3H])OCC1OC(C)CC1OP1O[C@@H]2[C@H]3OC4(CCCC4)O[C@H]3O[C@@H]2CN1C(C)C. The number of rotatable bonds is 22. The van der Waals surface area contributed by atoms with E-state index in [0.717, 1.165) is 102 Å². The molecule has 7 aliphatic heterocycles. The number of nitrogens with zero attached hydrogens (tertiary/aromatic N) is 1. The fourth-order valence-electron chi connectivity index (χ4n) is 11.9. The zero-order valence-electron chi connectivity index (χ0n) is 51.6. The Balaban J connectivity index is 0.000000203. The number of ether oxygens (including phenoxy) is 8. The fraction of sp³-hybridized carbons (Fsp3) is 1.00. The van der Waals surface area contributed by atoms with Gasteiger partial charge in [-0.25, -0.2) is 4.67 Å². The standard InChI is InChI=1S/C26H48BNO9PSSi.C20H36BNO7PSi.CH7BSi/c1-5-28-13-21-23(24-25(33-21)35-26(34-24)8-6-7-9-26)37-38(39,30-14-18-10-16(2)11-19(18)29)36-20-12-17(3)32-22(20)15-31-40(4)27;1-12(2)22-10-15-17(18-19(25-15)27-20(26-18)7-5-6-8-20)29-30(22)28-14-9-13(3)24-16(14)11-23-31(4)21;1-2-3/h16-25,27-29,40H,5-15H2,1-4H3;12-19,21,31H,5-11H2,1-4H3;2H,1,3H3/t16?,17?,18?,19?,20?,21-,22?,23+,24-,25-,38?,40?;13?,14?,15-,16?,17+,18-,19-,30?,31?;/m11./s1/i27T,29T,40D;21T,31D;2D. The van der Waals surface area contributed by atoms with Gasteiger partial charge in [-0.1, -0.05) is 33.8 Å². The van der Waals surface area contributed by atoms with Crippen LogP contribution in [0.25, 0.3) is 0 Å². The smallest absolute Gasteiger partial charge is 0.328 e. The number of fused-ring (bicyclic) bond motifs is 4. The van der Waals surface area contributed by atoms with E-state index in [0.29, 0.717) is 25.4 Å². The van der Waals surface area contributed by atoms with Crippen LogP contribution in [0.5, 0.6) is 0 Å². The molecule has 13 unspecified atom stereocenters. The van der Waals surface area contributed by atoms with Crippen molar-refractivity contribution in [1.82, 2.24) is 9.99 Å². The largest absolute Gasteiger partial charge is 0.427 e. The van der Waals surface area contributed by atoms with Crippen LogP contribution in [0.15, 0.2) is 0 Å². The van der Waals surface area contributed by atoms with E-state index in [9.17, 15) is 0 Å². The Morgan fingerprint density at radius 1 is 0.878 bits per heavy atom. The summed E-state index contributed by atoms with van der Waals surface area (Å²) >= 11 is 6.16. The van der Waals surface area contributed by atoms with Gasteiger partial charge in [0, 0.05) is 66.0 Å². The van der Waals surface area contributed by atoms with Crippen LogP contribution in [0.1, 0.15) is 119 Å². The number of hydrogen-bond acceptors (Lipinski definition) is 19. The molecule has 422 valence electrons. The van der Waals surface area contributed by atoms with Gasteiger partial charge in [0.1, 0.15) is 88.2 Å². The summed E-state index contributed by atoms with van der Waals surface area (Å²) in [4.78, 5) is 0. The Bertz CT molecular complexity index is 2010. The second-order valence-electron chi connectivity index (χ2n) is 22.4. The predicted molar refractivity (Wildman–Crippen MR) is 300 cm³/mol. The molecule has 7 saturated heterocycles. The molecule has 10 aliphatic rings. The molecule has 0 amide bonds. The zero-order valence-corrected chi connectivity index (χ0v) is 52.2. The van der Waals surface area contributed by atoms with Gasteiger partial charge in [0.25, 0.3) is 8.53 Å². The lowest BCUT2D eigenvalue weighted by Crippen LogP contribution is -2.49. The molecule has 2 radical (unpaired) electrons. The van der Waals surface area contributed by atoms with Gasteiger partial charge in [0.15, 0.2) is 24.2 Å². The summed E-state index contributed by atoms with van der Waals surface area (Å²) in [5.41, 5.74) is 0. The summed E-state index contributed by atoms with van der Waals surface area (Å²) in [6.45, 7) is 17.0. The number of nitrogens with one attached hydrogen (secondary N) is 1. The van der Waals surface area contributed by atoms with Gasteiger partial charge in [-0.3, -0.25) is 4.52 Å². The van der Waals surface area contributed by atoms with Crippen molar-refractivity contribution in [3.8, 4) is 0 Å². The van der Waals surface area contributed by atoms with Crippen molar-refractivity contribution in [1.29, 1.82) is 7.91 Å². The second-order valence-corrected chi connectivity index (χ2v) is 30.9. The van der Waals surface area contributed by atoms with E-state index in [1.807, 2.05) is 27.6 Å². The van der Waals surface area contributed by atoms with Crippen LogP contribution in [0.3, 0.4) is 0 Å². The fourth-order valence-corrected chi connectivity index (χ4v) is 17.1. The van der Waals surface area contributed by atoms with Crippen molar-refractivity contribution in [2.45, 2.75) is 248 Å². The lowest BCUT2D eigenvalue weighted by atomic mass is 10.1. The van der Waals surface area contributed by atoms with Crippen molar-refractivity contribution in [2.24, 2.45) is 11.8 Å². The van der Waals surface area contributed by atoms with Crippen LogP contribution in [-0.4, -0.2) is 216 Å². The summed E-state index contributed by atoms with van der Waals surface area (Å²) in [6, 6.07) is 0.223. The van der Waals surface area contributed by atoms with Crippen molar-refractivity contribution in [3.05, 3.63) is 0 Å². The van der Waals surface area contributed by atoms with Gasteiger partial charge in [0.2, 0.25) is 1.43 Å². The number of aliphatic hydroxyl groups is 1. The van der Waals surface area contributed by atoms with Crippen LogP contribution < -0.4 is 5.32 Å². The lowest BCUT2D eigenvalue weighted by Gasteiger charge is -2.43. The summed E-state index contributed by atoms with van der Waals surface area (Å²) in [5, 5.41) is 8.38. The maximum Gasteiger partial charge on any atom is 0.328 e. The maximum atomic E-state index is 8.25. The van der Waals surface area contributed by atoms with Crippen LogP contribution in [0, 0.1) is 11.8 Å². The molecule has 0 aromatic heterocycles. The van der Waals surface area contributed by atoms with Crippen molar-refractivity contribution >= 4 is 76.5 Å². The molecular weight excluding hydrogens is 1060 g/mol. The third kappa shape index (κ3) is 15.4. The van der Waals surface area contributed by atoms with Crippen molar-refractivity contribution in [2.75, 3.05) is 39.5 Å². The second kappa shape index (κ2) is 27.5. The van der Waals surface area contributed by atoms with Gasteiger partial charge < -0.3 is 75.3 Å². The van der Waals surface area contributed by atoms with Crippen LogP contribution in [-0.2, 0) is 81.2 Å². The summed E-state index contributed by atoms with van der Waals surface area (Å²) in [5.74, 6) is -0.754. The molecule has 21 atom stereocenters. The molecule has 3 saturated carbocycles. The van der Waals surface area contributed by atoms with E-state index in [-0.39, 0.29) is 99.8 Å². The minimum absolute atomic E-state index is 0.0134. The van der Waals surface area contributed by atoms with E-state index < -0.39 is 75.2 Å². The van der Waals surface area contributed by atoms with E-state index in [1.165, 1.54) is 0 Å². The molecule has 10 fully saturated rings. The van der Waals surface area contributed by atoms with E-state index in [2.05, 4.69) is 30.8 Å². The van der Waals surface area contributed by atoms with E-state index >= 15 is 0 Å². The molecule has 2 spiro atoms. The molecule has 10 rings (SSSR count). The molecular formula is C47H91B3N2O16P2SSi3.